The van der Waals surface area contributed by atoms with Crippen molar-refractivity contribution in [3.63, 3.8) is 0 Å². The Morgan fingerprint density at radius 1 is 0.241 bits per heavy atom. The molecule has 0 fully saturated rings. The highest BCUT2D eigenvalue weighted by atomic mass is 15.0. The van der Waals surface area contributed by atoms with E-state index < -0.39 is 0 Å². The third-order valence-corrected chi connectivity index (χ3v) is 10.4. The van der Waals surface area contributed by atoms with Crippen LogP contribution in [0.25, 0.3) is 101 Å². The van der Waals surface area contributed by atoms with Gasteiger partial charge in [0.05, 0.1) is 11.4 Å². The van der Waals surface area contributed by atoms with Crippen LogP contribution >= 0.6 is 0 Å². The smallest absolute Gasteiger partial charge is 0.164 e. The second-order valence-electron chi connectivity index (χ2n) is 14.1. The maximum atomic E-state index is 5.10. The quantitative estimate of drug-likeness (QED) is 0.155. The number of aromatic nitrogens is 5. The Hall–Kier alpha value is -7.89. The standard InChI is InChI=1S/C53H35N5/c1-5-16-39(17-6-1)47-35-48(55-50(54-47)42-18-7-2-8-19-42)40-29-25-36(26-30-40)37-27-31-41(32-28-37)49-45-24-14-13-15-38(45)33-34-46(49)53-57-51(43-20-9-3-10-21-43)56-52(58-53)44-22-11-4-12-23-44/h1-35H. The maximum absolute atomic E-state index is 5.10. The predicted molar refractivity (Wildman–Crippen MR) is 236 cm³/mol. The highest BCUT2D eigenvalue weighted by molar-refractivity contribution is 6.03. The Morgan fingerprint density at radius 3 is 1.14 bits per heavy atom. The van der Waals surface area contributed by atoms with Crippen LogP contribution in [-0.2, 0) is 0 Å². The van der Waals surface area contributed by atoms with Crippen molar-refractivity contribution >= 4 is 10.8 Å². The van der Waals surface area contributed by atoms with Gasteiger partial charge in [0, 0.05) is 38.9 Å². The van der Waals surface area contributed by atoms with Crippen molar-refractivity contribution < 1.29 is 0 Å². The van der Waals surface area contributed by atoms with E-state index in [1.165, 1.54) is 0 Å². The summed E-state index contributed by atoms with van der Waals surface area (Å²) in [6.07, 6.45) is 0. The first-order chi connectivity index (χ1) is 28.7. The molecule has 0 saturated heterocycles. The zero-order valence-corrected chi connectivity index (χ0v) is 31.4. The molecule has 5 nitrogen and oxygen atoms in total. The summed E-state index contributed by atoms with van der Waals surface area (Å²) in [5, 5.41) is 2.28. The highest BCUT2D eigenvalue weighted by Crippen LogP contribution is 2.39. The lowest BCUT2D eigenvalue weighted by Crippen LogP contribution is -2.01. The van der Waals surface area contributed by atoms with Gasteiger partial charge in [-0.2, -0.15) is 0 Å². The van der Waals surface area contributed by atoms with Crippen LogP contribution in [-0.4, -0.2) is 24.9 Å². The summed E-state index contributed by atoms with van der Waals surface area (Å²) in [7, 11) is 0. The number of benzene rings is 8. The SMILES string of the molecule is c1ccc(-c2cc(-c3ccc(-c4ccc(-c5c(-c6nc(-c7ccccc7)nc(-c7ccccc7)n6)ccc6ccccc56)cc4)cc3)nc(-c3ccccc3)n2)cc1. The molecular weight excluding hydrogens is 707 g/mol. The van der Waals surface area contributed by atoms with Crippen LogP contribution in [0, 0.1) is 0 Å². The zero-order valence-electron chi connectivity index (χ0n) is 31.4. The van der Waals surface area contributed by atoms with Gasteiger partial charge in [-0.15, -0.1) is 0 Å². The zero-order chi connectivity index (χ0) is 38.7. The van der Waals surface area contributed by atoms with Crippen LogP contribution in [0.15, 0.2) is 212 Å². The molecule has 0 aliphatic heterocycles. The minimum atomic E-state index is 0.628. The van der Waals surface area contributed by atoms with Crippen molar-refractivity contribution in [2.75, 3.05) is 0 Å². The van der Waals surface area contributed by atoms with Crippen molar-refractivity contribution in [2.24, 2.45) is 0 Å². The fraction of sp³-hybridized carbons (Fsp3) is 0. The van der Waals surface area contributed by atoms with Crippen LogP contribution in [0.2, 0.25) is 0 Å². The van der Waals surface area contributed by atoms with E-state index in [1.807, 2.05) is 97.1 Å². The molecular formula is C53H35N5. The van der Waals surface area contributed by atoms with E-state index in [9.17, 15) is 0 Å². The molecule has 0 bridgehead atoms. The monoisotopic (exact) mass is 741 g/mol. The summed E-state index contributed by atoms with van der Waals surface area (Å²) in [6.45, 7) is 0. The van der Waals surface area contributed by atoms with Crippen LogP contribution in [0.4, 0.5) is 0 Å². The summed E-state index contributed by atoms with van der Waals surface area (Å²) in [6, 6.07) is 72.9. The Bertz CT molecular complexity index is 2890. The van der Waals surface area contributed by atoms with Crippen molar-refractivity contribution in [3.8, 4) is 90.3 Å². The lowest BCUT2D eigenvalue weighted by atomic mass is 9.91. The van der Waals surface area contributed by atoms with Gasteiger partial charge in [0.15, 0.2) is 23.3 Å². The molecule has 2 aromatic heterocycles. The molecule has 58 heavy (non-hydrogen) atoms. The van der Waals surface area contributed by atoms with Gasteiger partial charge in [-0.05, 0) is 39.6 Å². The minimum Gasteiger partial charge on any atom is -0.228 e. The Morgan fingerprint density at radius 2 is 0.621 bits per heavy atom. The first-order valence-corrected chi connectivity index (χ1v) is 19.3. The summed E-state index contributed by atoms with van der Waals surface area (Å²) in [5.41, 5.74) is 12.1. The fourth-order valence-electron chi connectivity index (χ4n) is 7.43. The summed E-state index contributed by atoms with van der Waals surface area (Å²) >= 11 is 0. The van der Waals surface area contributed by atoms with E-state index in [4.69, 9.17) is 24.9 Å². The maximum Gasteiger partial charge on any atom is 0.164 e. The number of fused-ring (bicyclic) bond motifs is 1. The van der Waals surface area contributed by atoms with Gasteiger partial charge in [-0.3, -0.25) is 0 Å². The summed E-state index contributed by atoms with van der Waals surface area (Å²) in [5.74, 6) is 2.60. The van der Waals surface area contributed by atoms with Crippen molar-refractivity contribution in [1.29, 1.82) is 0 Å². The molecule has 10 rings (SSSR count). The van der Waals surface area contributed by atoms with Crippen LogP contribution in [0.3, 0.4) is 0 Å². The van der Waals surface area contributed by atoms with E-state index in [2.05, 4.69) is 115 Å². The highest BCUT2D eigenvalue weighted by Gasteiger charge is 2.18. The molecule has 272 valence electrons. The van der Waals surface area contributed by atoms with Crippen molar-refractivity contribution in [2.45, 2.75) is 0 Å². The molecule has 0 saturated carbocycles. The van der Waals surface area contributed by atoms with Crippen LogP contribution < -0.4 is 0 Å². The number of nitrogens with zero attached hydrogens (tertiary/aromatic N) is 5. The van der Waals surface area contributed by atoms with Gasteiger partial charge in [-0.25, -0.2) is 24.9 Å². The molecule has 0 aliphatic carbocycles. The molecule has 0 radical (unpaired) electrons. The van der Waals surface area contributed by atoms with Crippen LogP contribution in [0.1, 0.15) is 0 Å². The van der Waals surface area contributed by atoms with Crippen molar-refractivity contribution in [1.82, 2.24) is 24.9 Å². The van der Waals surface area contributed by atoms with Gasteiger partial charge in [0.1, 0.15) is 0 Å². The van der Waals surface area contributed by atoms with Gasteiger partial charge >= 0.3 is 0 Å². The molecule has 0 atom stereocenters. The normalized spacial score (nSPS) is 11.1. The molecule has 0 spiro atoms. The molecule has 5 heteroatoms. The average Bonchev–Trinajstić information content (AvgIpc) is 3.32. The first-order valence-electron chi connectivity index (χ1n) is 19.3. The number of rotatable bonds is 8. The average molecular weight is 742 g/mol. The number of hydrogen-bond donors (Lipinski definition) is 0. The fourth-order valence-corrected chi connectivity index (χ4v) is 7.43. The van der Waals surface area contributed by atoms with E-state index in [-0.39, 0.29) is 0 Å². The molecule has 0 N–H and O–H groups in total. The summed E-state index contributed by atoms with van der Waals surface area (Å²) in [4.78, 5) is 25.1. The Balaban J connectivity index is 1.03. The van der Waals surface area contributed by atoms with Crippen molar-refractivity contribution in [3.05, 3.63) is 212 Å². The molecule has 2 heterocycles. The van der Waals surface area contributed by atoms with Gasteiger partial charge in [-0.1, -0.05) is 200 Å². The third-order valence-electron chi connectivity index (χ3n) is 10.4. The lowest BCUT2D eigenvalue weighted by Gasteiger charge is -2.15. The van der Waals surface area contributed by atoms with E-state index in [1.54, 1.807) is 0 Å². The third kappa shape index (κ3) is 6.93. The second kappa shape index (κ2) is 15.3. The molecule has 10 aromatic rings. The molecule has 0 amide bonds. The predicted octanol–water partition coefficient (Wildman–Crippen LogP) is 13.2. The van der Waals surface area contributed by atoms with E-state index in [0.717, 1.165) is 77.8 Å². The Labute approximate surface area is 337 Å². The first kappa shape index (κ1) is 34.6. The van der Waals surface area contributed by atoms with E-state index >= 15 is 0 Å². The summed E-state index contributed by atoms with van der Waals surface area (Å²) < 4.78 is 0. The van der Waals surface area contributed by atoms with Gasteiger partial charge in [0.25, 0.3) is 0 Å². The largest absolute Gasteiger partial charge is 0.228 e. The van der Waals surface area contributed by atoms with Crippen LogP contribution in [0.5, 0.6) is 0 Å². The lowest BCUT2D eigenvalue weighted by molar-refractivity contribution is 1.07. The number of hydrogen-bond acceptors (Lipinski definition) is 5. The molecule has 0 unspecified atom stereocenters. The van der Waals surface area contributed by atoms with Gasteiger partial charge < -0.3 is 0 Å². The topological polar surface area (TPSA) is 64.5 Å². The molecule has 0 aliphatic rings. The van der Waals surface area contributed by atoms with E-state index in [0.29, 0.717) is 23.3 Å². The minimum absolute atomic E-state index is 0.628. The second-order valence-corrected chi connectivity index (χ2v) is 14.1. The molecule has 8 aromatic carbocycles. The Kier molecular flexibility index (Phi) is 9.14. The van der Waals surface area contributed by atoms with Gasteiger partial charge in [0.2, 0.25) is 0 Å².